The molecule has 1 heterocycles. The summed E-state index contributed by atoms with van der Waals surface area (Å²) in [5, 5.41) is 10.2. The van der Waals surface area contributed by atoms with E-state index >= 15 is 0 Å². The molecule has 2 nitrogen and oxygen atoms in total. The lowest BCUT2D eigenvalue weighted by Crippen LogP contribution is -2.39. The van der Waals surface area contributed by atoms with Crippen molar-refractivity contribution in [3.63, 3.8) is 0 Å². The Balaban J connectivity index is 1.96. The fourth-order valence-corrected chi connectivity index (χ4v) is 2.56. The van der Waals surface area contributed by atoms with Gasteiger partial charge < -0.3 is 9.84 Å². The van der Waals surface area contributed by atoms with Crippen LogP contribution in [0.4, 0.5) is 0 Å². The largest absolute Gasteiger partial charge is 0.390 e. The summed E-state index contributed by atoms with van der Waals surface area (Å²) in [6, 6.07) is 0. The molecule has 0 aromatic rings. The quantitative estimate of drug-likeness (QED) is 0.649. The Morgan fingerprint density at radius 1 is 1.17 bits per heavy atom. The van der Waals surface area contributed by atoms with Crippen LogP contribution < -0.4 is 0 Å². The van der Waals surface area contributed by atoms with Crippen LogP contribution in [0.2, 0.25) is 0 Å². The topological polar surface area (TPSA) is 29.5 Å². The van der Waals surface area contributed by atoms with E-state index in [1.807, 2.05) is 0 Å². The number of rotatable bonds is 1. The van der Waals surface area contributed by atoms with Crippen molar-refractivity contribution in [3.8, 4) is 0 Å². The second-order valence-corrected chi connectivity index (χ2v) is 4.22. The lowest BCUT2D eigenvalue weighted by atomic mass is 9.82. The summed E-state index contributed by atoms with van der Waals surface area (Å²) in [6.07, 6.45) is 6.70. The second-order valence-electron chi connectivity index (χ2n) is 4.22. The summed E-state index contributed by atoms with van der Waals surface area (Å²) in [5.41, 5.74) is -0.361. The van der Waals surface area contributed by atoms with Gasteiger partial charge in [-0.25, -0.2) is 0 Å². The van der Waals surface area contributed by atoms with Crippen molar-refractivity contribution in [1.82, 2.24) is 0 Å². The van der Waals surface area contributed by atoms with E-state index in [0.29, 0.717) is 5.92 Å². The van der Waals surface area contributed by atoms with Crippen LogP contribution in [0.15, 0.2) is 0 Å². The lowest BCUT2D eigenvalue weighted by Gasteiger charge is -2.35. The number of hydrogen-bond donors (Lipinski definition) is 1. The van der Waals surface area contributed by atoms with Crippen LogP contribution in [-0.2, 0) is 4.74 Å². The first-order chi connectivity index (χ1) is 5.81. The molecule has 0 radical (unpaired) electrons. The fourth-order valence-electron chi connectivity index (χ4n) is 2.56. The minimum Gasteiger partial charge on any atom is -0.390 e. The van der Waals surface area contributed by atoms with Crippen molar-refractivity contribution < 1.29 is 9.84 Å². The third-order valence-corrected chi connectivity index (χ3v) is 3.39. The average molecular weight is 170 g/mol. The van der Waals surface area contributed by atoms with Crippen molar-refractivity contribution in [2.24, 2.45) is 5.92 Å². The molecule has 1 aliphatic heterocycles. The van der Waals surface area contributed by atoms with Crippen LogP contribution in [0.1, 0.15) is 38.5 Å². The summed E-state index contributed by atoms with van der Waals surface area (Å²) in [5.74, 6) is 0.425. The monoisotopic (exact) mass is 170 g/mol. The maximum absolute atomic E-state index is 10.2. The highest BCUT2D eigenvalue weighted by atomic mass is 16.5. The van der Waals surface area contributed by atoms with E-state index in [4.69, 9.17) is 4.74 Å². The van der Waals surface area contributed by atoms with Gasteiger partial charge in [-0.3, -0.25) is 0 Å². The summed E-state index contributed by atoms with van der Waals surface area (Å²) >= 11 is 0. The Morgan fingerprint density at radius 2 is 1.92 bits per heavy atom. The summed E-state index contributed by atoms with van der Waals surface area (Å²) < 4.78 is 5.40. The van der Waals surface area contributed by atoms with Gasteiger partial charge in [0.2, 0.25) is 0 Å². The molecule has 0 amide bonds. The van der Waals surface area contributed by atoms with Crippen molar-refractivity contribution in [2.75, 3.05) is 13.2 Å². The van der Waals surface area contributed by atoms with Crippen molar-refractivity contribution >= 4 is 0 Å². The van der Waals surface area contributed by atoms with Gasteiger partial charge in [0.05, 0.1) is 12.2 Å². The van der Waals surface area contributed by atoms with Gasteiger partial charge in [0.15, 0.2) is 0 Å². The van der Waals surface area contributed by atoms with Crippen LogP contribution in [0.3, 0.4) is 0 Å². The van der Waals surface area contributed by atoms with Gasteiger partial charge in [-0.2, -0.15) is 0 Å². The lowest BCUT2D eigenvalue weighted by molar-refractivity contribution is -0.0746. The standard InChI is InChI=1S/C10H18O2/c11-10(5-1-2-6-10)9-4-3-7-12-8-9/h9,11H,1-8H2. The minimum absolute atomic E-state index is 0.361. The summed E-state index contributed by atoms with van der Waals surface area (Å²) in [4.78, 5) is 0. The van der Waals surface area contributed by atoms with E-state index in [0.717, 1.165) is 38.9 Å². The van der Waals surface area contributed by atoms with Crippen LogP contribution >= 0.6 is 0 Å². The maximum Gasteiger partial charge on any atom is 0.0697 e. The SMILES string of the molecule is OC1(C2CCCOC2)CCCC1. The number of hydrogen-bond acceptors (Lipinski definition) is 2. The second kappa shape index (κ2) is 3.35. The molecule has 1 N–H and O–H groups in total. The molecule has 0 aromatic heterocycles. The molecule has 1 saturated carbocycles. The fraction of sp³-hybridized carbons (Fsp3) is 1.00. The highest BCUT2D eigenvalue weighted by molar-refractivity contribution is 4.91. The predicted molar refractivity (Wildman–Crippen MR) is 47.0 cm³/mol. The first kappa shape index (κ1) is 8.52. The van der Waals surface area contributed by atoms with Crippen LogP contribution in [0, 0.1) is 5.92 Å². The molecule has 1 saturated heterocycles. The highest BCUT2D eigenvalue weighted by Crippen LogP contribution is 2.39. The van der Waals surface area contributed by atoms with Gasteiger partial charge in [-0.1, -0.05) is 12.8 Å². The normalized spacial score (nSPS) is 35.2. The van der Waals surface area contributed by atoms with Gasteiger partial charge in [-0.05, 0) is 25.7 Å². The Morgan fingerprint density at radius 3 is 2.50 bits per heavy atom. The zero-order valence-corrected chi connectivity index (χ0v) is 7.59. The number of aliphatic hydroxyl groups is 1. The molecule has 2 aliphatic rings. The zero-order chi connectivity index (χ0) is 8.44. The highest BCUT2D eigenvalue weighted by Gasteiger charge is 2.39. The Hall–Kier alpha value is -0.0800. The van der Waals surface area contributed by atoms with E-state index in [9.17, 15) is 5.11 Å². The van der Waals surface area contributed by atoms with E-state index in [-0.39, 0.29) is 5.60 Å². The molecule has 1 unspecified atom stereocenters. The summed E-state index contributed by atoms with van der Waals surface area (Å²) in [7, 11) is 0. The van der Waals surface area contributed by atoms with Crippen LogP contribution in [0.25, 0.3) is 0 Å². The van der Waals surface area contributed by atoms with Gasteiger partial charge in [0.1, 0.15) is 0 Å². The van der Waals surface area contributed by atoms with Gasteiger partial charge >= 0.3 is 0 Å². The minimum atomic E-state index is -0.361. The van der Waals surface area contributed by atoms with Crippen molar-refractivity contribution in [3.05, 3.63) is 0 Å². The smallest absolute Gasteiger partial charge is 0.0697 e. The van der Waals surface area contributed by atoms with Gasteiger partial charge in [-0.15, -0.1) is 0 Å². The van der Waals surface area contributed by atoms with Crippen LogP contribution in [-0.4, -0.2) is 23.9 Å². The Bertz CT molecular complexity index is 144. The summed E-state index contributed by atoms with van der Waals surface area (Å²) in [6.45, 7) is 1.68. The third-order valence-electron chi connectivity index (χ3n) is 3.39. The zero-order valence-electron chi connectivity index (χ0n) is 7.59. The molecule has 1 aliphatic carbocycles. The molecule has 2 fully saturated rings. The van der Waals surface area contributed by atoms with Crippen molar-refractivity contribution in [2.45, 2.75) is 44.1 Å². The molecule has 1 atom stereocenters. The van der Waals surface area contributed by atoms with E-state index in [1.54, 1.807) is 0 Å². The molecule has 0 aromatic carbocycles. The molecule has 2 heteroatoms. The van der Waals surface area contributed by atoms with Crippen LogP contribution in [0.5, 0.6) is 0 Å². The first-order valence-electron chi connectivity index (χ1n) is 5.11. The molecule has 2 rings (SSSR count). The molecule has 0 spiro atoms. The molecule has 0 bridgehead atoms. The first-order valence-corrected chi connectivity index (χ1v) is 5.11. The Kier molecular flexibility index (Phi) is 2.37. The van der Waals surface area contributed by atoms with E-state index < -0.39 is 0 Å². The third kappa shape index (κ3) is 1.50. The Labute approximate surface area is 73.9 Å². The maximum atomic E-state index is 10.2. The molecular formula is C10H18O2. The molecular weight excluding hydrogens is 152 g/mol. The molecule has 70 valence electrons. The van der Waals surface area contributed by atoms with Gasteiger partial charge in [0, 0.05) is 12.5 Å². The van der Waals surface area contributed by atoms with Gasteiger partial charge in [0.25, 0.3) is 0 Å². The van der Waals surface area contributed by atoms with E-state index in [2.05, 4.69) is 0 Å². The van der Waals surface area contributed by atoms with E-state index in [1.165, 1.54) is 12.8 Å². The van der Waals surface area contributed by atoms with Crippen molar-refractivity contribution in [1.29, 1.82) is 0 Å². The predicted octanol–water partition coefficient (Wildman–Crippen LogP) is 1.72. The number of ether oxygens (including phenoxy) is 1. The molecule has 12 heavy (non-hydrogen) atoms. The average Bonchev–Trinajstić information content (AvgIpc) is 2.55.